The van der Waals surface area contributed by atoms with E-state index < -0.39 is 23.5 Å². The number of alkyl halides is 6. The van der Waals surface area contributed by atoms with Crippen LogP contribution in [0.25, 0.3) is 0 Å². The van der Waals surface area contributed by atoms with Gasteiger partial charge in [0.25, 0.3) is 0 Å². The highest BCUT2D eigenvalue weighted by atomic mass is 19.4. The minimum atomic E-state index is -4.84. The molecule has 0 bridgehead atoms. The molecule has 0 saturated carbocycles. The van der Waals surface area contributed by atoms with Crippen molar-refractivity contribution in [1.82, 2.24) is 5.32 Å². The fraction of sp³-hybridized carbons (Fsp3) is 0.400. The molecule has 0 unspecified atom stereocenters. The number of rotatable bonds is 4. The highest BCUT2D eigenvalue weighted by Gasteiger charge is 2.37. The average molecular weight is 403 g/mol. The highest BCUT2D eigenvalue weighted by Crippen LogP contribution is 2.37. The molecule has 1 heterocycles. The van der Waals surface area contributed by atoms with Gasteiger partial charge < -0.3 is 10.1 Å². The van der Waals surface area contributed by atoms with Crippen molar-refractivity contribution in [1.29, 1.82) is 0 Å². The van der Waals surface area contributed by atoms with Crippen LogP contribution >= 0.6 is 0 Å². The molecule has 2 aromatic carbocycles. The molecule has 2 nitrogen and oxygen atoms in total. The lowest BCUT2D eigenvalue weighted by Crippen LogP contribution is -2.42. The Morgan fingerprint density at radius 1 is 0.893 bits per heavy atom. The molecule has 28 heavy (non-hydrogen) atoms. The quantitative estimate of drug-likeness (QED) is 0.692. The van der Waals surface area contributed by atoms with Crippen molar-refractivity contribution in [2.75, 3.05) is 13.2 Å². The molecular formula is C20H19F6NO. The molecule has 1 fully saturated rings. The van der Waals surface area contributed by atoms with E-state index in [-0.39, 0.29) is 30.2 Å². The highest BCUT2D eigenvalue weighted by molar-refractivity contribution is 5.34. The number of nitrogens with one attached hydrogen (secondary N) is 1. The third kappa shape index (κ3) is 5.05. The van der Waals surface area contributed by atoms with Crippen molar-refractivity contribution >= 4 is 0 Å². The van der Waals surface area contributed by atoms with Gasteiger partial charge in [0.05, 0.1) is 29.9 Å². The second-order valence-electron chi connectivity index (χ2n) is 6.70. The zero-order valence-electron chi connectivity index (χ0n) is 14.8. The van der Waals surface area contributed by atoms with Crippen LogP contribution in [0.5, 0.6) is 0 Å². The summed E-state index contributed by atoms with van der Waals surface area (Å²) in [6, 6.07) is 11.0. The molecule has 0 amide bonds. The molecule has 2 atom stereocenters. The number of hydrogen-bond donors (Lipinski definition) is 1. The van der Waals surface area contributed by atoms with Gasteiger partial charge in [-0.2, -0.15) is 26.3 Å². The van der Waals surface area contributed by atoms with Crippen LogP contribution in [-0.2, 0) is 23.5 Å². The van der Waals surface area contributed by atoms with E-state index in [1.807, 2.05) is 30.3 Å². The van der Waals surface area contributed by atoms with Gasteiger partial charge in [-0.25, -0.2) is 0 Å². The monoisotopic (exact) mass is 403 g/mol. The Morgan fingerprint density at radius 3 is 2.07 bits per heavy atom. The summed E-state index contributed by atoms with van der Waals surface area (Å²) in [4.78, 5) is 0. The summed E-state index contributed by atoms with van der Waals surface area (Å²) in [6.45, 7) is 1.06. The molecule has 152 valence electrons. The molecular weight excluding hydrogens is 384 g/mol. The third-order valence-electron chi connectivity index (χ3n) is 4.69. The van der Waals surface area contributed by atoms with Crippen molar-refractivity contribution in [2.45, 2.75) is 37.3 Å². The number of halogens is 6. The van der Waals surface area contributed by atoms with E-state index in [4.69, 9.17) is 4.74 Å². The topological polar surface area (TPSA) is 21.3 Å². The summed E-state index contributed by atoms with van der Waals surface area (Å²) in [7, 11) is 0. The van der Waals surface area contributed by atoms with E-state index in [0.29, 0.717) is 19.6 Å². The maximum atomic E-state index is 13.0. The lowest BCUT2D eigenvalue weighted by atomic mass is 9.94. The molecule has 3 rings (SSSR count). The summed E-state index contributed by atoms with van der Waals surface area (Å²) in [5.41, 5.74) is -1.63. The van der Waals surface area contributed by atoms with E-state index in [1.165, 1.54) is 0 Å². The normalized spacial score (nSPS) is 20.9. The molecule has 8 heteroatoms. The van der Waals surface area contributed by atoms with Crippen LogP contribution in [0.15, 0.2) is 48.5 Å². The minimum absolute atomic E-state index is 0.0110. The van der Waals surface area contributed by atoms with E-state index >= 15 is 0 Å². The largest absolute Gasteiger partial charge is 0.416 e. The van der Waals surface area contributed by atoms with Gasteiger partial charge in [0.15, 0.2) is 0 Å². The van der Waals surface area contributed by atoms with Gasteiger partial charge >= 0.3 is 12.4 Å². The third-order valence-corrected chi connectivity index (χ3v) is 4.69. The Bertz CT molecular complexity index is 755. The lowest BCUT2D eigenvalue weighted by molar-refractivity contribution is -0.143. The van der Waals surface area contributed by atoms with Crippen LogP contribution in [0.2, 0.25) is 0 Å². The van der Waals surface area contributed by atoms with E-state index in [1.54, 1.807) is 0 Å². The molecule has 1 N–H and O–H groups in total. The number of ether oxygens (including phenoxy) is 1. The van der Waals surface area contributed by atoms with Gasteiger partial charge in [-0.15, -0.1) is 0 Å². The molecule has 2 aromatic rings. The van der Waals surface area contributed by atoms with Gasteiger partial charge in [0, 0.05) is 6.54 Å². The standard InChI is InChI=1S/C20H19F6NO/c21-19(22,23)15-10-13(11-16(12-15)20(24,25)26)6-7-17-18(27-8-9-28-17)14-4-2-1-3-5-14/h1-5,10-12,17-18,27H,6-9H2/t17-,18-/m1/s1. The minimum Gasteiger partial charge on any atom is -0.375 e. The maximum Gasteiger partial charge on any atom is 0.416 e. The Kier molecular flexibility index (Phi) is 6.00. The number of hydrogen-bond acceptors (Lipinski definition) is 2. The first kappa shape index (κ1) is 20.7. The second kappa shape index (κ2) is 8.13. The van der Waals surface area contributed by atoms with Gasteiger partial charge in [0.1, 0.15) is 0 Å². The fourth-order valence-electron chi connectivity index (χ4n) is 3.37. The van der Waals surface area contributed by atoms with E-state index in [9.17, 15) is 26.3 Å². The molecule has 0 aliphatic carbocycles. The Labute approximate surface area is 158 Å². The number of morpholine rings is 1. The van der Waals surface area contributed by atoms with Crippen LogP contribution in [-0.4, -0.2) is 19.3 Å². The van der Waals surface area contributed by atoms with E-state index in [0.717, 1.165) is 17.7 Å². The summed E-state index contributed by atoms with van der Waals surface area (Å²) in [6.07, 6.45) is -9.69. The summed E-state index contributed by atoms with van der Waals surface area (Å²) in [5.74, 6) is 0. The smallest absolute Gasteiger partial charge is 0.375 e. The lowest BCUT2D eigenvalue weighted by Gasteiger charge is -2.33. The van der Waals surface area contributed by atoms with Crippen molar-refractivity contribution in [3.63, 3.8) is 0 Å². The first-order valence-electron chi connectivity index (χ1n) is 8.83. The summed E-state index contributed by atoms with van der Waals surface area (Å²) in [5, 5.41) is 3.31. The van der Waals surface area contributed by atoms with Gasteiger partial charge in [-0.1, -0.05) is 30.3 Å². The molecule has 1 saturated heterocycles. The average Bonchev–Trinajstić information content (AvgIpc) is 2.66. The van der Waals surface area contributed by atoms with Gasteiger partial charge in [-0.3, -0.25) is 0 Å². The number of aryl methyl sites for hydroxylation is 1. The SMILES string of the molecule is FC(F)(F)c1cc(CC[C@H]2OCCN[C@@H]2c2ccccc2)cc(C(F)(F)F)c1. The van der Waals surface area contributed by atoms with Crippen LogP contribution in [0.3, 0.4) is 0 Å². The Morgan fingerprint density at radius 2 is 1.50 bits per heavy atom. The van der Waals surface area contributed by atoms with Crippen molar-refractivity contribution < 1.29 is 31.1 Å². The zero-order valence-corrected chi connectivity index (χ0v) is 14.8. The molecule has 1 aliphatic rings. The van der Waals surface area contributed by atoms with Crippen LogP contribution < -0.4 is 5.32 Å². The summed E-state index contributed by atoms with van der Waals surface area (Å²) < 4.78 is 83.8. The van der Waals surface area contributed by atoms with E-state index in [2.05, 4.69) is 5.32 Å². The molecule has 0 radical (unpaired) electrons. The van der Waals surface area contributed by atoms with Crippen LogP contribution in [0.1, 0.15) is 34.7 Å². The molecule has 0 spiro atoms. The molecule has 0 aromatic heterocycles. The Balaban J connectivity index is 1.81. The predicted octanol–water partition coefficient (Wildman–Crippen LogP) is 5.39. The van der Waals surface area contributed by atoms with Crippen molar-refractivity contribution in [2.24, 2.45) is 0 Å². The maximum absolute atomic E-state index is 13.0. The fourth-order valence-corrected chi connectivity index (χ4v) is 3.37. The van der Waals surface area contributed by atoms with Crippen LogP contribution in [0, 0.1) is 0 Å². The van der Waals surface area contributed by atoms with Gasteiger partial charge in [0.2, 0.25) is 0 Å². The first-order valence-corrected chi connectivity index (χ1v) is 8.83. The number of benzene rings is 2. The zero-order chi connectivity index (χ0) is 20.4. The predicted molar refractivity (Wildman–Crippen MR) is 91.7 cm³/mol. The van der Waals surface area contributed by atoms with Crippen molar-refractivity contribution in [3.05, 3.63) is 70.8 Å². The van der Waals surface area contributed by atoms with Gasteiger partial charge in [-0.05, 0) is 42.2 Å². The Hall–Kier alpha value is -2.06. The summed E-state index contributed by atoms with van der Waals surface area (Å²) >= 11 is 0. The molecule has 1 aliphatic heterocycles. The van der Waals surface area contributed by atoms with Crippen LogP contribution in [0.4, 0.5) is 26.3 Å². The second-order valence-corrected chi connectivity index (χ2v) is 6.70. The van der Waals surface area contributed by atoms with Crippen molar-refractivity contribution in [3.8, 4) is 0 Å². The first-order chi connectivity index (χ1) is 13.1.